The average Bonchev–Trinajstić information content (AvgIpc) is 2.44. The van der Waals surface area contributed by atoms with Gasteiger partial charge in [0.25, 0.3) is 0 Å². The van der Waals surface area contributed by atoms with E-state index >= 15 is 0 Å². The van der Waals surface area contributed by atoms with Crippen LogP contribution in [0.25, 0.3) is 0 Å². The van der Waals surface area contributed by atoms with Gasteiger partial charge in [-0.05, 0) is 36.8 Å². The van der Waals surface area contributed by atoms with Crippen molar-refractivity contribution in [2.75, 3.05) is 7.11 Å². The van der Waals surface area contributed by atoms with Crippen LogP contribution in [0.4, 0.5) is 13.2 Å². The SMILES string of the molecule is COc1cc(C)ccc1C(=O)c1ccc(F)c(F)c1F. The minimum Gasteiger partial charge on any atom is -0.496 e. The molecule has 0 aliphatic carbocycles. The van der Waals surface area contributed by atoms with Gasteiger partial charge in [-0.1, -0.05) is 6.07 Å². The third-order valence-corrected chi connectivity index (χ3v) is 2.88. The summed E-state index contributed by atoms with van der Waals surface area (Å²) in [7, 11) is 1.37. The van der Waals surface area contributed by atoms with Crippen molar-refractivity contribution in [3.8, 4) is 5.75 Å². The van der Waals surface area contributed by atoms with E-state index in [1.807, 2.05) is 0 Å². The lowest BCUT2D eigenvalue weighted by atomic mass is 10.0. The number of halogens is 3. The van der Waals surface area contributed by atoms with Crippen LogP contribution in [-0.2, 0) is 0 Å². The summed E-state index contributed by atoms with van der Waals surface area (Å²) in [6.07, 6.45) is 0. The van der Waals surface area contributed by atoms with Crippen LogP contribution in [-0.4, -0.2) is 12.9 Å². The average molecular weight is 280 g/mol. The first-order valence-electron chi connectivity index (χ1n) is 5.78. The van der Waals surface area contributed by atoms with E-state index in [4.69, 9.17) is 4.74 Å². The van der Waals surface area contributed by atoms with Crippen LogP contribution in [0.1, 0.15) is 21.5 Å². The Bertz CT molecular complexity index is 681. The second-order valence-electron chi connectivity index (χ2n) is 4.26. The molecule has 0 aliphatic rings. The molecule has 20 heavy (non-hydrogen) atoms. The van der Waals surface area contributed by atoms with Crippen molar-refractivity contribution < 1.29 is 22.7 Å². The normalized spacial score (nSPS) is 10.4. The Hall–Kier alpha value is -2.30. The van der Waals surface area contributed by atoms with Crippen LogP contribution in [0.2, 0.25) is 0 Å². The van der Waals surface area contributed by atoms with Gasteiger partial charge in [0.1, 0.15) is 5.75 Å². The maximum Gasteiger partial charge on any atom is 0.199 e. The van der Waals surface area contributed by atoms with E-state index in [-0.39, 0.29) is 11.3 Å². The number of hydrogen-bond donors (Lipinski definition) is 0. The Kier molecular flexibility index (Phi) is 3.79. The smallest absolute Gasteiger partial charge is 0.199 e. The number of ketones is 1. The maximum atomic E-state index is 13.6. The number of hydrogen-bond acceptors (Lipinski definition) is 2. The Morgan fingerprint density at radius 1 is 1.00 bits per heavy atom. The first-order chi connectivity index (χ1) is 9.45. The van der Waals surface area contributed by atoms with Gasteiger partial charge in [-0.2, -0.15) is 0 Å². The molecule has 0 spiro atoms. The highest BCUT2D eigenvalue weighted by Gasteiger charge is 2.22. The quantitative estimate of drug-likeness (QED) is 0.633. The summed E-state index contributed by atoms with van der Waals surface area (Å²) < 4.78 is 44.7. The van der Waals surface area contributed by atoms with E-state index in [9.17, 15) is 18.0 Å². The standard InChI is InChI=1S/C15H11F3O2/c1-8-3-4-9(12(7-8)20-2)15(19)10-5-6-11(16)14(18)13(10)17/h3-7H,1-2H3. The Morgan fingerprint density at radius 3 is 2.30 bits per heavy atom. The van der Waals surface area contributed by atoms with Crippen molar-refractivity contribution in [3.63, 3.8) is 0 Å². The molecule has 2 nitrogen and oxygen atoms in total. The minimum atomic E-state index is -1.66. The molecule has 5 heteroatoms. The molecule has 0 saturated heterocycles. The second-order valence-corrected chi connectivity index (χ2v) is 4.26. The molecule has 0 heterocycles. The molecular formula is C15H11F3O2. The Morgan fingerprint density at radius 2 is 1.65 bits per heavy atom. The van der Waals surface area contributed by atoms with E-state index in [2.05, 4.69) is 0 Å². The van der Waals surface area contributed by atoms with Crippen LogP contribution < -0.4 is 4.74 Å². The number of ether oxygens (including phenoxy) is 1. The molecule has 0 radical (unpaired) electrons. The van der Waals surface area contributed by atoms with Crippen LogP contribution in [0.15, 0.2) is 30.3 Å². The summed E-state index contributed by atoms with van der Waals surface area (Å²) in [5.41, 5.74) is 0.401. The largest absolute Gasteiger partial charge is 0.496 e. The maximum absolute atomic E-state index is 13.6. The number of rotatable bonds is 3. The van der Waals surface area contributed by atoms with Crippen molar-refractivity contribution in [1.29, 1.82) is 0 Å². The van der Waals surface area contributed by atoms with Crippen LogP contribution in [0.5, 0.6) is 5.75 Å². The summed E-state index contributed by atoms with van der Waals surface area (Å²) in [6, 6.07) is 6.33. The molecule has 2 aromatic rings. The van der Waals surface area contributed by atoms with Gasteiger partial charge >= 0.3 is 0 Å². The van der Waals surface area contributed by atoms with Crippen LogP contribution in [0.3, 0.4) is 0 Å². The van der Waals surface area contributed by atoms with E-state index in [1.165, 1.54) is 13.2 Å². The molecule has 0 atom stereocenters. The molecule has 0 fully saturated rings. The lowest BCUT2D eigenvalue weighted by Crippen LogP contribution is -2.09. The van der Waals surface area contributed by atoms with Crippen molar-refractivity contribution in [2.45, 2.75) is 6.92 Å². The lowest BCUT2D eigenvalue weighted by molar-refractivity contribution is 0.103. The fraction of sp³-hybridized carbons (Fsp3) is 0.133. The first kappa shape index (κ1) is 14.1. The second kappa shape index (κ2) is 5.36. The molecular weight excluding hydrogens is 269 g/mol. The molecule has 0 amide bonds. The van der Waals surface area contributed by atoms with Gasteiger partial charge < -0.3 is 4.74 Å². The molecule has 0 aromatic heterocycles. The number of methoxy groups -OCH3 is 1. The zero-order chi connectivity index (χ0) is 14.9. The highest BCUT2D eigenvalue weighted by molar-refractivity contribution is 6.10. The highest BCUT2D eigenvalue weighted by atomic mass is 19.2. The van der Waals surface area contributed by atoms with Crippen molar-refractivity contribution in [2.24, 2.45) is 0 Å². The van der Waals surface area contributed by atoms with Crippen LogP contribution >= 0.6 is 0 Å². The van der Waals surface area contributed by atoms with Gasteiger partial charge in [0.15, 0.2) is 23.2 Å². The highest BCUT2D eigenvalue weighted by Crippen LogP contribution is 2.25. The summed E-state index contributed by atoms with van der Waals surface area (Å²) >= 11 is 0. The Labute approximate surface area is 113 Å². The van der Waals surface area contributed by atoms with Gasteiger partial charge in [0.05, 0.1) is 18.2 Å². The zero-order valence-electron chi connectivity index (χ0n) is 10.8. The lowest BCUT2D eigenvalue weighted by Gasteiger charge is -2.09. The monoisotopic (exact) mass is 280 g/mol. The number of aryl methyl sites for hydroxylation is 1. The van der Waals surface area contributed by atoms with E-state index in [0.717, 1.165) is 11.6 Å². The molecule has 2 aromatic carbocycles. The summed E-state index contributed by atoms with van der Waals surface area (Å²) in [6.45, 7) is 1.80. The number of carbonyl (C=O) groups is 1. The molecule has 2 rings (SSSR count). The van der Waals surface area contributed by atoms with Crippen molar-refractivity contribution in [3.05, 3.63) is 64.5 Å². The topological polar surface area (TPSA) is 26.3 Å². The van der Waals surface area contributed by atoms with E-state index in [0.29, 0.717) is 6.07 Å². The van der Waals surface area contributed by atoms with Crippen molar-refractivity contribution >= 4 is 5.78 Å². The van der Waals surface area contributed by atoms with Crippen LogP contribution in [0, 0.1) is 24.4 Å². The van der Waals surface area contributed by atoms with Gasteiger partial charge in [-0.3, -0.25) is 4.79 Å². The number of carbonyl (C=O) groups excluding carboxylic acids is 1. The molecule has 0 unspecified atom stereocenters. The van der Waals surface area contributed by atoms with E-state index in [1.54, 1.807) is 19.1 Å². The first-order valence-corrected chi connectivity index (χ1v) is 5.78. The van der Waals surface area contributed by atoms with Gasteiger partial charge in [0, 0.05) is 0 Å². The summed E-state index contributed by atoms with van der Waals surface area (Å²) in [5.74, 6) is -5.02. The molecule has 0 aliphatic heterocycles. The Balaban J connectivity index is 2.55. The zero-order valence-corrected chi connectivity index (χ0v) is 10.8. The molecule has 0 N–H and O–H groups in total. The van der Waals surface area contributed by atoms with Gasteiger partial charge in [-0.15, -0.1) is 0 Å². The fourth-order valence-electron chi connectivity index (χ4n) is 1.83. The van der Waals surface area contributed by atoms with Gasteiger partial charge in [0.2, 0.25) is 0 Å². The third-order valence-electron chi connectivity index (χ3n) is 2.88. The predicted molar refractivity (Wildman–Crippen MR) is 67.5 cm³/mol. The third kappa shape index (κ3) is 2.39. The van der Waals surface area contributed by atoms with E-state index < -0.39 is 28.8 Å². The fourth-order valence-corrected chi connectivity index (χ4v) is 1.83. The molecule has 104 valence electrons. The molecule has 0 saturated carbocycles. The van der Waals surface area contributed by atoms with Crippen molar-refractivity contribution in [1.82, 2.24) is 0 Å². The predicted octanol–water partition coefficient (Wildman–Crippen LogP) is 3.65. The van der Waals surface area contributed by atoms with Gasteiger partial charge in [-0.25, -0.2) is 13.2 Å². The number of benzene rings is 2. The minimum absolute atomic E-state index is 0.0861. The summed E-state index contributed by atoms with van der Waals surface area (Å²) in [5, 5.41) is 0. The molecule has 0 bridgehead atoms. The summed E-state index contributed by atoms with van der Waals surface area (Å²) in [4.78, 5) is 12.2.